The van der Waals surface area contributed by atoms with Crippen molar-refractivity contribution in [1.82, 2.24) is 4.37 Å². The van der Waals surface area contributed by atoms with E-state index >= 15 is 0 Å². The molecule has 18 heavy (non-hydrogen) atoms. The van der Waals surface area contributed by atoms with Crippen LogP contribution < -0.4 is 11.1 Å². The van der Waals surface area contributed by atoms with Crippen LogP contribution in [-0.4, -0.2) is 23.1 Å². The number of nitrogens with zero attached hydrogens (tertiary/aromatic N) is 1. The molecule has 0 radical (unpaired) electrons. The van der Waals surface area contributed by atoms with Gasteiger partial charge in [-0.2, -0.15) is 4.37 Å². The van der Waals surface area contributed by atoms with Crippen molar-refractivity contribution < 1.29 is 4.74 Å². The number of rotatable bonds is 4. The van der Waals surface area contributed by atoms with Gasteiger partial charge in [0.15, 0.2) is 0 Å². The second-order valence-corrected chi connectivity index (χ2v) is 6.57. The van der Waals surface area contributed by atoms with Crippen LogP contribution in [0.2, 0.25) is 0 Å². The average Bonchev–Trinajstić information content (AvgIpc) is 3.28. The Morgan fingerprint density at radius 3 is 2.78 bits per heavy atom. The van der Waals surface area contributed by atoms with Crippen molar-refractivity contribution in [2.75, 3.05) is 17.7 Å². The van der Waals surface area contributed by atoms with Gasteiger partial charge in [-0.3, -0.25) is 0 Å². The zero-order chi connectivity index (χ0) is 12.1. The highest BCUT2D eigenvalue weighted by Gasteiger charge is 2.41. The third kappa shape index (κ3) is 1.89. The molecule has 4 rings (SSSR count). The Labute approximate surface area is 111 Å². The van der Waals surface area contributed by atoms with Crippen LogP contribution in [-0.2, 0) is 4.74 Å². The summed E-state index contributed by atoms with van der Waals surface area (Å²) in [6.45, 7) is 0.895. The van der Waals surface area contributed by atoms with Crippen molar-refractivity contribution in [3.8, 4) is 0 Å². The minimum Gasteiger partial charge on any atom is -0.383 e. The molecule has 2 saturated carbocycles. The second-order valence-electron chi connectivity index (χ2n) is 5.80. The molecule has 0 spiro atoms. The number of anilines is 2. The molecule has 1 aromatic heterocycles. The van der Waals surface area contributed by atoms with Gasteiger partial charge in [0.25, 0.3) is 0 Å². The molecule has 3 N–H and O–H groups in total. The van der Waals surface area contributed by atoms with Crippen LogP contribution in [0.1, 0.15) is 43.6 Å². The van der Waals surface area contributed by atoms with E-state index in [0.717, 1.165) is 24.8 Å². The van der Waals surface area contributed by atoms with Crippen LogP contribution in [0.15, 0.2) is 0 Å². The smallest absolute Gasteiger partial charge is 0.142 e. The van der Waals surface area contributed by atoms with E-state index in [2.05, 4.69) is 9.69 Å². The van der Waals surface area contributed by atoms with Gasteiger partial charge in [0.05, 0.1) is 12.1 Å². The lowest BCUT2D eigenvalue weighted by Gasteiger charge is -2.20. The predicted octanol–water partition coefficient (Wildman–Crippen LogP) is 2.58. The maximum Gasteiger partial charge on any atom is 0.142 e. The number of nitrogen functional groups attached to an aromatic ring is 1. The summed E-state index contributed by atoms with van der Waals surface area (Å²) in [5.74, 6) is 2.19. The van der Waals surface area contributed by atoms with E-state index in [1.54, 1.807) is 0 Å². The standard InChI is InChI=1S/C13H19N3OS/c14-12-10(7-1-2-7)13(18-16-12)15-9-5-6-17-11(9)8-3-4-8/h7-9,11,15H,1-6H2,(H2,14,16). The van der Waals surface area contributed by atoms with Crippen LogP contribution in [0.25, 0.3) is 0 Å². The fourth-order valence-corrected chi connectivity index (χ4v) is 3.87. The number of aromatic nitrogens is 1. The minimum absolute atomic E-state index is 0.417. The molecule has 2 heterocycles. The first-order chi connectivity index (χ1) is 8.83. The van der Waals surface area contributed by atoms with Crippen molar-refractivity contribution in [2.24, 2.45) is 5.92 Å². The second kappa shape index (κ2) is 4.10. The Kier molecular flexibility index (Phi) is 2.52. The number of nitrogens with one attached hydrogen (secondary N) is 1. The van der Waals surface area contributed by atoms with E-state index in [1.165, 1.54) is 47.8 Å². The van der Waals surface area contributed by atoms with E-state index in [4.69, 9.17) is 10.5 Å². The van der Waals surface area contributed by atoms with Crippen LogP contribution in [0, 0.1) is 5.92 Å². The summed E-state index contributed by atoms with van der Waals surface area (Å²) in [5.41, 5.74) is 7.27. The zero-order valence-corrected chi connectivity index (χ0v) is 11.2. The molecule has 1 aromatic rings. The van der Waals surface area contributed by atoms with E-state index < -0.39 is 0 Å². The lowest BCUT2D eigenvalue weighted by atomic mass is 10.1. The van der Waals surface area contributed by atoms with E-state index in [-0.39, 0.29) is 0 Å². The highest BCUT2D eigenvalue weighted by atomic mass is 32.1. The molecule has 0 bridgehead atoms. The highest BCUT2D eigenvalue weighted by molar-refractivity contribution is 7.10. The molecule has 1 aliphatic heterocycles. The number of nitrogens with two attached hydrogens (primary N) is 1. The molecule has 1 saturated heterocycles. The first kappa shape index (κ1) is 11.1. The zero-order valence-electron chi connectivity index (χ0n) is 10.4. The molecular weight excluding hydrogens is 246 g/mol. The van der Waals surface area contributed by atoms with Gasteiger partial charge in [-0.05, 0) is 55.5 Å². The topological polar surface area (TPSA) is 60.2 Å². The van der Waals surface area contributed by atoms with Gasteiger partial charge >= 0.3 is 0 Å². The van der Waals surface area contributed by atoms with Crippen molar-refractivity contribution in [1.29, 1.82) is 0 Å². The summed E-state index contributed by atoms with van der Waals surface area (Å²) >= 11 is 1.52. The Bertz CT molecular complexity index is 453. The third-order valence-corrected chi connectivity index (χ3v) is 5.09. The Morgan fingerprint density at radius 1 is 1.22 bits per heavy atom. The third-order valence-electron chi connectivity index (χ3n) is 4.28. The quantitative estimate of drug-likeness (QED) is 0.878. The lowest BCUT2D eigenvalue weighted by molar-refractivity contribution is 0.0899. The van der Waals surface area contributed by atoms with Crippen molar-refractivity contribution in [3.05, 3.63) is 5.56 Å². The summed E-state index contributed by atoms with van der Waals surface area (Å²) in [6.07, 6.45) is 6.74. The summed E-state index contributed by atoms with van der Waals surface area (Å²) in [7, 11) is 0. The van der Waals surface area contributed by atoms with Gasteiger partial charge in [-0.15, -0.1) is 0 Å². The van der Waals surface area contributed by atoms with E-state index in [0.29, 0.717) is 18.1 Å². The molecule has 2 unspecified atom stereocenters. The first-order valence-corrected chi connectivity index (χ1v) is 7.73. The average molecular weight is 265 g/mol. The Balaban J connectivity index is 1.53. The Hall–Kier alpha value is -0.810. The van der Waals surface area contributed by atoms with E-state index in [9.17, 15) is 0 Å². The number of hydrogen-bond donors (Lipinski definition) is 2. The molecule has 2 atom stereocenters. The molecule has 0 amide bonds. The summed E-state index contributed by atoms with van der Waals surface area (Å²) in [5, 5.41) is 4.88. The van der Waals surface area contributed by atoms with Crippen molar-refractivity contribution >= 4 is 22.4 Å². The molecular formula is C13H19N3OS. The van der Waals surface area contributed by atoms with Gasteiger partial charge in [0.1, 0.15) is 10.8 Å². The number of ether oxygens (including phenoxy) is 1. The largest absolute Gasteiger partial charge is 0.383 e. The van der Waals surface area contributed by atoms with Gasteiger partial charge in [-0.1, -0.05) is 0 Å². The van der Waals surface area contributed by atoms with Crippen LogP contribution in [0.3, 0.4) is 0 Å². The first-order valence-electron chi connectivity index (χ1n) is 6.96. The fourth-order valence-electron chi connectivity index (χ4n) is 3.00. The molecule has 0 aromatic carbocycles. The molecule has 3 aliphatic rings. The summed E-state index contributed by atoms with van der Waals surface area (Å²) < 4.78 is 10.2. The van der Waals surface area contributed by atoms with Crippen LogP contribution >= 0.6 is 11.5 Å². The normalized spacial score (nSPS) is 31.8. The van der Waals surface area contributed by atoms with Gasteiger partial charge in [-0.25, -0.2) is 0 Å². The number of hydrogen-bond acceptors (Lipinski definition) is 5. The highest BCUT2D eigenvalue weighted by Crippen LogP contribution is 2.48. The summed E-state index contributed by atoms with van der Waals surface area (Å²) in [4.78, 5) is 0. The molecule has 5 heteroatoms. The van der Waals surface area contributed by atoms with Crippen molar-refractivity contribution in [3.63, 3.8) is 0 Å². The SMILES string of the molecule is Nc1nsc(NC2CCOC2C2CC2)c1C1CC1. The summed E-state index contributed by atoms with van der Waals surface area (Å²) in [6, 6.07) is 0.467. The predicted molar refractivity (Wildman–Crippen MR) is 73.0 cm³/mol. The molecule has 2 aliphatic carbocycles. The van der Waals surface area contributed by atoms with Crippen LogP contribution in [0.5, 0.6) is 0 Å². The van der Waals surface area contributed by atoms with Crippen molar-refractivity contribution in [2.45, 2.75) is 50.2 Å². The van der Waals surface area contributed by atoms with Crippen LogP contribution in [0.4, 0.5) is 10.8 Å². The Morgan fingerprint density at radius 2 is 2.06 bits per heavy atom. The maximum absolute atomic E-state index is 5.99. The fraction of sp³-hybridized carbons (Fsp3) is 0.769. The molecule has 3 fully saturated rings. The molecule has 4 nitrogen and oxygen atoms in total. The maximum atomic E-state index is 5.99. The monoisotopic (exact) mass is 265 g/mol. The van der Waals surface area contributed by atoms with Gasteiger partial charge in [0.2, 0.25) is 0 Å². The van der Waals surface area contributed by atoms with Gasteiger partial charge < -0.3 is 15.8 Å². The van der Waals surface area contributed by atoms with E-state index in [1.807, 2.05) is 0 Å². The van der Waals surface area contributed by atoms with Gasteiger partial charge in [0, 0.05) is 12.2 Å². The molecule has 98 valence electrons. The lowest BCUT2D eigenvalue weighted by Crippen LogP contribution is -2.30. The minimum atomic E-state index is 0.417.